The first-order chi connectivity index (χ1) is 17.1. The highest BCUT2D eigenvalue weighted by Crippen LogP contribution is 2.32. The van der Waals surface area contributed by atoms with Crippen LogP contribution >= 0.6 is 0 Å². The van der Waals surface area contributed by atoms with Crippen LogP contribution in [0.4, 0.5) is 4.39 Å². The Kier molecular flexibility index (Phi) is 5.04. The molecular weight excluding hydrogens is 443 g/mol. The molecule has 0 aliphatic carbocycles. The van der Waals surface area contributed by atoms with Crippen LogP contribution in [-0.2, 0) is 6.54 Å². The van der Waals surface area contributed by atoms with E-state index in [0.29, 0.717) is 39.5 Å². The summed E-state index contributed by atoms with van der Waals surface area (Å²) < 4.78 is 14.5. The number of aromatic amines is 2. The molecule has 172 valence electrons. The van der Waals surface area contributed by atoms with E-state index in [9.17, 15) is 4.39 Å². The molecule has 6 aromatic rings. The van der Waals surface area contributed by atoms with Crippen LogP contribution in [0.1, 0.15) is 5.56 Å². The Morgan fingerprint density at radius 3 is 2.63 bits per heavy atom. The van der Waals surface area contributed by atoms with E-state index in [1.54, 1.807) is 36.7 Å². The van der Waals surface area contributed by atoms with Crippen LogP contribution in [0.15, 0.2) is 67.3 Å². The van der Waals surface area contributed by atoms with Gasteiger partial charge in [-0.3, -0.25) is 10.1 Å². The maximum atomic E-state index is 14.5. The molecule has 0 atom stereocenters. The Balaban J connectivity index is 1.46. The van der Waals surface area contributed by atoms with Crippen molar-refractivity contribution in [2.75, 3.05) is 14.1 Å². The third kappa shape index (κ3) is 3.81. The minimum Gasteiger partial charge on any atom is -0.321 e. The summed E-state index contributed by atoms with van der Waals surface area (Å²) in [5.74, 6) is 0.217. The van der Waals surface area contributed by atoms with Crippen molar-refractivity contribution in [3.05, 3.63) is 78.6 Å². The van der Waals surface area contributed by atoms with Gasteiger partial charge in [0.1, 0.15) is 17.0 Å². The van der Waals surface area contributed by atoms with Crippen molar-refractivity contribution >= 4 is 22.2 Å². The number of hydrogen-bond acceptors (Lipinski definition) is 6. The highest BCUT2D eigenvalue weighted by molar-refractivity contribution is 5.96. The van der Waals surface area contributed by atoms with E-state index >= 15 is 0 Å². The summed E-state index contributed by atoms with van der Waals surface area (Å²) in [4.78, 5) is 23.5. The minimum absolute atomic E-state index is 0.311. The highest BCUT2D eigenvalue weighted by Gasteiger charge is 2.18. The first kappa shape index (κ1) is 21.1. The summed E-state index contributed by atoms with van der Waals surface area (Å²) >= 11 is 0. The standard InChI is InChI=1S/C26H21FN8/c1-35(2)14-15-9-16(12-28-11-15)17-10-20-23(33-34-24(20)30-13-17)26-31-22-19(7-8-29-25(22)32-26)18-5-3-4-6-21(18)27/h3-13H,14H2,1-2H3,(H,29,31,32)(H,30,33,34). The van der Waals surface area contributed by atoms with Gasteiger partial charge in [0.25, 0.3) is 0 Å². The molecule has 8 nitrogen and oxygen atoms in total. The summed E-state index contributed by atoms with van der Waals surface area (Å²) in [6.07, 6.45) is 7.14. The van der Waals surface area contributed by atoms with Gasteiger partial charge in [-0.1, -0.05) is 18.2 Å². The maximum absolute atomic E-state index is 14.5. The zero-order valence-electron chi connectivity index (χ0n) is 19.1. The normalized spacial score (nSPS) is 11.7. The molecule has 0 unspecified atom stereocenters. The van der Waals surface area contributed by atoms with Gasteiger partial charge < -0.3 is 9.88 Å². The third-order valence-corrected chi connectivity index (χ3v) is 5.82. The van der Waals surface area contributed by atoms with Crippen molar-refractivity contribution in [1.29, 1.82) is 0 Å². The molecule has 0 fully saturated rings. The number of H-pyrrole nitrogens is 2. The van der Waals surface area contributed by atoms with Gasteiger partial charge in [-0.15, -0.1) is 0 Å². The van der Waals surface area contributed by atoms with Crippen LogP contribution in [0, 0.1) is 5.82 Å². The molecule has 35 heavy (non-hydrogen) atoms. The zero-order chi connectivity index (χ0) is 23.9. The number of nitrogens with one attached hydrogen (secondary N) is 2. The Hall–Kier alpha value is -4.50. The Morgan fingerprint density at radius 1 is 0.914 bits per heavy atom. The molecule has 0 aliphatic heterocycles. The average molecular weight is 465 g/mol. The summed E-state index contributed by atoms with van der Waals surface area (Å²) in [5, 5.41) is 8.26. The second kappa shape index (κ2) is 8.37. The topological polar surface area (TPSA) is 99.3 Å². The summed E-state index contributed by atoms with van der Waals surface area (Å²) in [5.41, 5.74) is 6.54. The number of imidazole rings is 1. The van der Waals surface area contributed by atoms with E-state index in [1.165, 1.54) is 6.07 Å². The predicted octanol–water partition coefficient (Wildman–Crippen LogP) is 4.83. The second-order valence-corrected chi connectivity index (χ2v) is 8.63. The first-order valence-corrected chi connectivity index (χ1v) is 11.1. The Labute approximate surface area is 199 Å². The molecule has 6 rings (SSSR count). The van der Waals surface area contributed by atoms with E-state index in [1.807, 2.05) is 32.6 Å². The Morgan fingerprint density at radius 2 is 1.77 bits per heavy atom. The van der Waals surface area contributed by atoms with Gasteiger partial charge in [0.15, 0.2) is 17.1 Å². The molecule has 0 aliphatic rings. The van der Waals surface area contributed by atoms with Crippen LogP contribution in [-0.4, -0.2) is 54.1 Å². The zero-order valence-corrected chi connectivity index (χ0v) is 19.1. The molecule has 2 N–H and O–H groups in total. The smallest absolute Gasteiger partial charge is 0.161 e. The monoisotopic (exact) mass is 464 g/mol. The number of aromatic nitrogens is 7. The molecule has 0 radical (unpaired) electrons. The fraction of sp³-hybridized carbons (Fsp3) is 0.115. The number of halogens is 1. The number of hydrogen-bond donors (Lipinski definition) is 2. The van der Waals surface area contributed by atoms with Gasteiger partial charge >= 0.3 is 0 Å². The molecular formula is C26H21FN8. The lowest BCUT2D eigenvalue weighted by Crippen LogP contribution is -2.10. The number of benzene rings is 1. The van der Waals surface area contributed by atoms with Crippen LogP contribution < -0.4 is 0 Å². The fourth-order valence-corrected chi connectivity index (χ4v) is 4.26. The molecule has 5 aromatic heterocycles. The van der Waals surface area contributed by atoms with Gasteiger partial charge in [-0.25, -0.2) is 19.3 Å². The van der Waals surface area contributed by atoms with E-state index in [0.717, 1.165) is 28.6 Å². The number of rotatable bonds is 5. The Bertz CT molecular complexity index is 1680. The molecule has 5 heterocycles. The largest absolute Gasteiger partial charge is 0.321 e. The molecule has 0 saturated heterocycles. The lowest BCUT2D eigenvalue weighted by Gasteiger charge is -2.10. The molecule has 0 amide bonds. The van der Waals surface area contributed by atoms with Gasteiger partial charge in [0, 0.05) is 53.6 Å². The first-order valence-electron chi connectivity index (χ1n) is 11.1. The van der Waals surface area contributed by atoms with Crippen molar-refractivity contribution in [2.45, 2.75) is 6.54 Å². The molecule has 9 heteroatoms. The third-order valence-electron chi connectivity index (χ3n) is 5.82. The van der Waals surface area contributed by atoms with Crippen LogP contribution in [0.25, 0.3) is 56.0 Å². The summed E-state index contributed by atoms with van der Waals surface area (Å²) in [6, 6.07) is 12.5. The average Bonchev–Trinajstić information content (AvgIpc) is 3.47. The van der Waals surface area contributed by atoms with Crippen molar-refractivity contribution in [3.8, 4) is 33.8 Å². The lowest BCUT2D eigenvalue weighted by atomic mass is 10.1. The van der Waals surface area contributed by atoms with Crippen LogP contribution in [0.3, 0.4) is 0 Å². The van der Waals surface area contributed by atoms with Crippen molar-refractivity contribution < 1.29 is 4.39 Å². The van der Waals surface area contributed by atoms with Crippen molar-refractivity contribution in [2.24, 2.45) is 0 Å². The number of fused-ring (bicyclic) bond motifs is 2. The van der Waals surface area contributed by atoms with E-state index in [2.05, 4.69) is 41.1 Å². The van der Waals surface area contributed by atoms with Crippen LogP contribution in [0.5, 0.6) is 0 Å². The minimum atomic E-state index is -0.311. The molecule has 0 spiro atoms. The van der Waals surface area contributed by atoms with Gasteiger partial charge in [0.2, 0.25) is 0 Å². The summed E-state index contributed by atoms with van der Waals surface area (Å²) in [6.45, 7) is 0.795. The van der Waals surface area contributed by atoms with Crippen molar-refractivity contribution in [1.82, 2.24) is 40.0 Å². The van der Waals surface area contributed by atoms with E-state index in [4.69, 9.17) is 4.98 Å². The predicted molar refractivity (Wildman–Crippen MR) is 133 cm³/mol. The lowest BCUT2D eigenvalue weighted by molar-refractivity contribution is 0.402. The van der Waals surface area contributed by atoms with Gasteiger partial charge in [-0.05, 0) is 43.9 Å². The second-order valence-electron chi connectivity index (χ2n) is 8.63. The number of pyridine rings is 3. The van der Waals surface area contributed by atoms with Gasteiger partial charge in [0.05, 0.1) is 5.39 Å². The molecule has 0 bridgehead atoms. The molecule has 0 saturated carbocycles. The number of nitrogens with zero attached hydrogens (tertiary/aromatic N) is 6. The van der Waals surface area contributed by atoms with Crippen LogP contribution in [0.2, 0.25) is 0 Å². The van der Waals surface area contributed by atoms with E-state index in [-0.39, 0.29) is 5.82 Å². The van der Waals surface area contributed by atoms with E-state index < -0.39 is 0 Å². The summed E-state index contributed by atoms with van der Waals surface area (Å²) in [7, 11) is 4.05. The maximum Gasteiger partial charge on any atom is 0.161 e. The quantitative estimate of drug-likeness (QED) is 0.379. The molecule has 1 aromatic carbocycles. The SMILES string of the molecule is CN(C)Cc1cncc(-c2cnc3[nH]nc(-c4nc5c(-c6ccccc6F)ccnc5[nH]4)c3c2)c1. The highest BCUT2D eigenvalue weighted by atomic mass is 19.1. The fourth-order valence-electron chi connectivity index (χ4n) is 4.26. The van der Waals surface area contributed by atoms with Gasteiger partial charge in [-0.2, -0.15) is 5.10 Å². The van der Waals surface area contributed by atoms with Crippen molar-refractivity contribution in [3.63, 3.8) is 0 Å².